The van der Waals surface area contributed by atoms with Crippen LogP contribution in [-0.2, 0) is 6.42 Å². The second-order valence-electron chi connectivity index (χ2n) is 5.18. The zero-order valence-corrected chi connectivity index (χ0v) is 12.2. The fourth-order valence-electron chi connectivity index (χ4n) is 2.35. The molecule has 0 saturated carbocycles. The Hall–Kier alpha value is -1.67. The Kier molecular flexibility index (Phi) is 4.33. The van der Waals surface area contributed by atoms with Crippen molar-refractivity contribution < 1.29 is 0 Å². The van der Waals surface area contributed by atoms with Crippen LogP contribution >= 0.6 is 0 Å². The molecule has 0 radical (unpaired) electrons. The molecule has 0 aliphatic heterocycles. The second kappa shape index (κ2) is 5.98. The maximum absolute atomic E-state index is 4.63. The molecule has 0 aliphatic rings. The van der Waals surface area contributed by atoms with Crippen molar-refractivity contribution >= 4 is 0 Å². The highest BCUT2D eigenvalue weighted by Gasteiger charge is 2.13. The Morgan fingerprint density at radius 1 is 1.11 bits per heavy atom. The van der Waals surface area contributed by atoms with Gasteiger partial charge in [0.1, 0.15) is 0 Å². The third-order valence-electron chi connectivity index (χ3n) is 3.54. The molecule has 1 unspecified atom stereocenters. The van der Waals surface area contributed by atoms with Gasteiger partial charge < -0.3 is 5.32 Å². The first-order chi connectivity index (χ1) is 9.10. The number of hydrogen-bond donors (Lipinski definition) is 1. The van der Waals surface area contributed by atoms with Crippen LogP contribution in [0.2, 0.25) is 0 Å². The summed E-state index contributed by atoms with van der Waals surface area (Å²) < 4.78 is 0. The van der Waals surface area contributed by atoms with E-state index in [1.165, 1.54) is 16.7 Å². The molecule has 2 aromatic rings. The molecule has 1 aromatic heterocycles. The molecule has 2 nitrogen and oxygen atoms in total. The van der Waals surface area contributed by atoms with Crippen LogP contribution in [-0.4, -0.2) is 12.0 Å². The molecule has 1 N–H and O–H groups in total. The number of nitrogens with zero attached hydrogens (tertiary/aromatic N) is 1. The van der Waals surface area contributed by atoms with Crippen LogP contribution in [0.15, 0.2) is 36.4 Å². The third-order valence-corrected chi connectivity index (χ3v) is 3.54. The summed E-state index contributed by atoms with van der Waals surface area (Å²) in [6.07, 6.45) is 0.973. The van der Waals surface area contributed by atoms with E-state index in [9.17, 15) is 0 Å². The van der Waals surface area contributed by atoms with Crippen LogP contribution < -0.4 is 5.32 Å². The summed E-state index contributed by atoms with van der Waals surface area (Å²) in [6.45, 7) is 6.35. The molecule has 2 heteroatoms. The molecule has 1 aromatic carbocycles. The third kappa shape index (κ3) is 3.42. The molecular formula is C17H22N2. The van der Waals surface area contributed by atoms with Gasteiger partial charge >= 0.3 is 0 Å². The van der Waals surface area contributed by atoms with Crippen LogP contribution in [0.25, 0.3) is 0 Å². The molecule has 19 heavy (non-hydrogen) atoms. The van der Waals surface area contributed by atoms with Gasteiger partial charge in [-0.15, -0.1) is 0 Å². The highest BCUT2D eigenvalue weighted by atomic mass is 14.9. The Bertz CT molecular complexity index is 561. The van der Waals surface area contributed by atoms with E-state index in [0.29, 0.717) is 0 Å². The minimum Gasteiger partial charge on any atom is -0.311 e. The summed E-state index contributed by atoms with van der Waals surface area (Å²) in [5.74, 6) is 0. The summed E-state index contributed by atoms with van der Waals surface area (Å²) in [5.41, 5.74) is 6.23. The van der Waals surface area contributed by atoms with Crippen molar-refractivity contribution in [2.45, 2.75) is 33.2 Å². The van der Waals surface area contributed by atoms with Gasteiger partial charge in [-0.25, -0.2) is 0 Å². The fraction of sp³-hybridized carbons (Fsp3) is 0.353. The van der Waals surface area contributed by atoms with Crippen molar-refractivity contribution in [2.24, 2.45) is 0 Å². The van der Waals surface area contributed by atoms with Crippen LogP contribution in [0.3, 0.4) is 0 Å². The monoisotopic (exact) mass is 254 g/mol. The number of benzene rings is 1. The van der Waals surface area contributed by atoms with Gasteiger partial charge in [-0.05, 0) is 57.5 Å². The van der Waals surface area contributed by atoms with E-state index in [-0.39, 0.29) is 6.04 Å². The lowest BCUT2D eigenvalue weighted by molar-refractivity contribution is 0.573. The number of nitrogens with one attached hydrogen (secondary N) is 1. The molecule has 0 bridgehead atoms. The van der Waals surface area contributed by atoms with Gasteiger partial charge in [0.05, 0.1) is 11.7 Å². The number of hydrogen-bond acceptors (Lipinski definition) is 2. The summed E-state index contributed by atoms with van der Waals surface area (Å²) in [4.78, 5) is 4.63. The van der Waals surface area contributed by atoms with Crippen molar-refractivity contribution in [3.8, 4) is 0 Å². The lowest BCUT2D eigenvalue weighted by Gasteiger charge is -2.18. The van der Waals surface area contributed by atoms with E-state index < -0.39 is 0 Å². The average molecular weight is 254 g/mol. The summed E-state index contributed by atoms with van der Waals surface area (Å²) in [7, 11) is 2.00. The van der Waals surface area contributed by atoms with Gasteiger partial charge in [-0.3, -0.25) is 4.98 Å². The van der Waals surface area contributed by atoms with Crippen LogP contribution in [0.1, 0.15) is 34.1 Å². The summed E-state index contributed by atoms with van der Waals surface area (Å²) in [6, 6.07) is 13.1. The lowest BCUT2D eigenvalue weighted by atomic mass is 9.97. The Labute approximate surface area is 115 Å². The Morgan fingerprint density at radius 3 is 2.58 bits per heavy atom. The predicted molar refractivity (Wildman–Crippen MR) is 80.4 cm³/mol. The quantitative estimate of drug-likeness (QED) is 0.903. The maximum atomic E-state index is 4.63. The van der Waals surface area contributed by atoms with E-state index >= 15 is 0 Å². The average Bonchev–Trinajstić information content (AvgIpc) is 2.39. The normalized spacial score (nSPS) is 12.4. The highest BCUT2D eigenvalue weighted by Crippen LogP contribution is 2.20. The number of aryl methyl sites for hydroxylation is 3. The fourth-order valence-corrected chi connectivity index (χ4v) is 2.35. The van der Waals surface area contributed by atoms with Crippen LogP contribution in [0.4, 0.5) is 0 Å². The SMILES string of the molecule is CNC(Cc1cc(C)ccc1C)c1cccc(C)n1. The van der Waals surface area contributed by atoms with E-state index in [2.05, 4.69) is 54.5 Å². The van der Waals surface area contributed by atoms with Gasteiger partial charge in [0.2, 0.25) is 0 Å². The number of pyridine rings is 1. The molecule has 0 saturated heterocycles. The van der Waals surface area contributed by atoms with Crippen molar-refractivity contribution in [2.75, 3.05) is 7.05 Å². The molecule has 100 valence electrons. The van der Waals surface area contributed by atoms with Crippen molar-refractivity contribution in [1.29, 1.82) is 0 Å². The molecule has 0 spiro atoms. The molecule has 1 atom stereocenters. The first-order valence-electron chi connectivity index (χ1n) is 6.77. The number of likely N-dealkylation sites (N-methyl/N-ethyl adjacent to an activating group) is 1. The van der Waals surface area contributed by atoms with Gasteiger partial charge in [0.25, 0.3) is 0 Å². The standard InChI is InChI=1S/C17H22N2/c1-12-8-9-13(2)15(10-12)11-17(18-4)16-7-5-6-14(3)19-16/h5-10,17-18H,11H2,1-4H3. The zero-order valence-electron chi connectivity index (χ0n) is 12.2. The molecule has 2 rings (SSSR count). The molecule has 0 fully saturated rings. The molecule has 0 aliphatic carbocycles. The van der Waals surface area contributed by atoms with Gasteiger partial charge in [0, 0.05) is 5.69 Å². The van der Waals surface area contributed by atoms with E-state index in [0.717, 1.165) is 17.8 Å². The lowest BCUT2D eigenvalue weighted by Crippen LogP contribution is -2.20. The first kappa shape index (κ1) is 13.8. The smallest absolute Gasteiger partial charge is 0.0579 e. The zero-order chi connectivity index (χ0) is 13.8. The Balaban J connectivity index is 2.26. The van der Waals surface area contributed by atoms with Crippen molar-refractivity contribution in [3.05, 3.63) is 64.5 Å². The minimum absolute atomic E-state index is 0.264. The molecular weight excluding hydrogens is 232 g/mol. The topological polar surface area (TPSA) is 24.9 Å². The summed E-state index contributed by atoms with van der Waals surface area (Å²) >= 11 is 0. The highest BCUT2D eigenvalue weighted by molar-refractivity contribution is 5.32. The van der Waals surface area contributed by atoms with Crippen molar-refractivity contribution in [1.82, 2.24) is 10.3 Å². The second-order valence-corrected chi connectivity index (χ2v) is 5.18. The molecule has 1 heterocycles. The van der Waals surface area contributed by atoms with Gasteiger partial charge in [0.15, 0.2) is 0 Å². The minimum atomic E-state index is 0.264. The van der Waals surface area contributed by atoms with Crippen LogP contribution in [0.5, 0.6) is 0 Å². The largest absolute Gasteiger partial charge is 0.311 e. The number of aromatic nitrogens is 1. The Morgan fingerprint density at radius 2 is 1.89 bits per heavy atom. The van der Waals surface area contributed by atoms with E-state index in [1.54, 1.807) is 0 Å². The van der Waals surface area contributed by atoms with Gasteiger partial charge in [-0.1, -0.05) is 29.8 Å². The van der Waals surface area contributed by atoms with Crippen LogP contribution in [0, 0.1) is 20.8 Å². The van der Waals surface area contributed by atoms with Crippen molar-refractivity contribution in [3.63, 3.8) is 0 Å². The predicted octanol–water partition coefficient (Wildman–Crippen LogP) is 3.51. The van der Waals surface area contributed by atoms with Gasteiger partial charge in [-0.2, -0.15) is 0 Å². The summed E-state index contributed by atoms with van der Waals surface area (Å²) in [5, 5.41) is 3.38. The first-order valence-corrected chi connectivity index (χ1v) is 6.77. The molecule has 0 amide bonds. The number of rotatable bonds is 4. The van der Waals surface area contributed by atoms with E-state index in [1.807, 2.05) is 20.0 Å². The maximum Gasteiger partial charge on any atom is 0.0579 e. The van der Waals surface area contributed by atoms with E-state index in [4.69, 9.17) is 0 Å².